The lowest BCUT2D eigenvalue weighted by Gasteiger charge is -2.35. The van der Waals surface area contributed by atoms with Crippen molar-refractivity contribution < 1.29 is 4.79 Å². The zero-order valence-corrected chi connectivity index (χ0v) is 19.8. The number of nitrogens with zero attached hydrogens (tertiary/aromatic N) is 4. The van der Waals surface area contributed by atoms with Gasteiger partial charge in [-0.3, -0.25) is 9.30 Å². The Morgan fingerprint density at radius 3 is 2.59 bits per heavy atom. The van der Waals surface area contributed by atoms with Gasteiger partial charge in [0.25, 0.3) is 0 Å². The third-order valence-electron chi connectivity index (χ3n) is 5.80. The summed E-state index contributed by atoms with van der Waals surface area (Å²) < 4.78 is 3.41. The number of hydrogen-bond donors (Lipinski definition) is 1. The largest absolute Gasteiger partial charge is 0.336 e. The predicted molar refractivity (Wildman–Crippen MR) is 132 cm³/mol. The van der Waals surface area contributed by atoms with Crippen LogP contribution in [0.5, 0.6) is 0 Å². The highest BCUT2D eigenvalue weighted by Crippen LogP contribution is 2.34. The Balaban J connectivity index is 1.47. The number of rotatable bonds is 4. The molecular formula is C24H26ClN5OS. The van der Waals surface area contributed by atoms with Gasteiger partial charge in [-0.2, -0.15) is 0 Å². The van der Waals surface area contributed by atoms with Crippen LogP contribution in [0.15, 0.2) is 48.5 Å². The number of carbonyl (C=O) groups excluding carboxylic acids is 1. The monoisotopic (exact) mass is 467 g/mol. The van der Waals surface area contributed by atoms with Gasteiger partial charge in [0.05, 0.1) is 21.6 Å². The van der Waals surface area contributed by atoms with Gasteiger partial charge in [0, 0.05) is 49.4 Å². The molecule has 32 heavy (non-hydrogen) atoms. The zero-order valence-electron chi connectivity index (χ0n) is 18.2. The molecule has 166 valence electrons. The van der Waals surface area contributed by atoms with Crippen molar-refractivity contribution in [3.63, 3.8) is 0 Å². The van der Waals surface area contributed by atoms with Crippen molar-refractivity contribution >= 4 is 44.1 Å². The average molecular weight is 468 g/mol. The summed E-state index contributed by atoms with van der Waals surface area (Å²) in [5.41, 5.74) is 4.46. The van der Waals surface area contributed by atoms with Crippen molar-refractivity contribution in [2.24, 2.45) is 0 Å². The molecule has 0 unspecified atom stereocenters. The molecule has 1 aliphatic heterocycles. The summed E-state index contributed by atoms with van der Waals surface area (Å²) in [7, 11) is 0. The smallest absolute Gasteiger partial charge is 0.317 e. The maximum atomic E-state index is 12.4. The molecule has 0 bridgehead atoms. The number of thiazole rings is 1. The first-order valence-electron chi connectivity index (χ1n) is 10.9. The normalized spacial score (nSPS) is 15.2. The van der Waals surface area contributed by atoms with E-state index in [4.69, 9.17) is 16.6 Å². The highest BCUT2D eigenvalue weighted by Gasteiger charge is 2.25. The van der Waals surface area contributed by atoms with Crippen molar-refractivity contribution in [1.29, 1.82) is 0 Å². The van der Waals surface area contributed by atoms with Crippen LogP contribution in [0.25, 0.3) is 26.4 Å². The van der Waals surface area contributed by atoms with Crippen LogP contribution in [0.3, 0.4) is 0 Å². The van der Waals surface area contributed by atoms with Crippen LogP contribution in [0.1, 0.15) is 19.5 Å². The molecule has 1 saturated heterocycles. The van der Waals surface area contributed by atoms with Gasteiger partial charge < -0.3 is 10.2 Å². The van der Waals surface area contributed by atoms with E-state index in [0.717, 1.165) is 64.2 Å². The molecule has 6 nitrogen and oxygen atoms in total. The van der Waals surface area contributed by atoms with Gasteiger partial charge in [0.15, 0.2) is 4.96 Å². The van der Waals surface area contributed by atoms with E-state index in [1.165, 1.54) is 5.69 Å². The van der Waals surface area contributed by atoms with Crippen molar-refractivity contribution in [3.8, 4) is 11.3 Å². The number of benzene rings is 2. The van der Waals surface area contributed by atoms with Gasteiger partial charge in [-0.25, -0.2) is 9.78 Å². The van der Waals surface area contributed by atoms with Gasteiger partial charge in [0.2, 0.25) is 0 Å². The number of halogens is 1. The van der Waals surface area contributed by atoms with Crippen LogP contribution in [-0.4, -0.2) is 57.4 Å². The Labute approximate surface area is 196 Å². The SMILES string of the molecule is CC(C)NC(=O)N1CCN(Cc2c(-c3ccccc3)nc3sc4cc(Cl)ccc4n23)CC1. The van der Waals surface area contributed by atoms with Gasteiger partial charge >= 0.3 is 6.03 Å². The average Bonchev–Trinajstić information content (AvgIpc) is 3.30. The predicted octanol–water partition coefficient (Wildman–Crippen LogP) is 5.11. The summed E-state index contributed by atoms with van der Waals surface area (Å²) in [6, 6.07) is 16.6. The topological polar surface area (TPSA) is 52.9 Å². The third-order valence-corrected chi connectivity index (χ3v) is 7.04. The van der Waals surface area contributed by atoms with E-state index in [9.17, 15) is 4.79 Å². The van der Waals surface area contributed by atoms with Gasteiger partial charge in [0.1, 0.15) is 0 Å². The van der Waals surface area contributed by atoms with Crippen LogP contribution in [0, 0.1) is 0 Å². The van der Waals surface area contributed by atoms with Gasteiger partial charge in [-0.15, -0.1) is 0 Å². The summed E-state index contributed by atoms with van der Waals surface area (Å²) in [5.74, 6) is 0. The van der Waals surface area contributed by atoms with Gasteiger partial charge in [-0.05, 0) is 32.0 Å². The first-order chi connectivity index (χ1) is 15.5. The Morgan fingerprint density at radius 1 is 1.12 bits per heavy atom. The minimum atomic E-state index is 0.0251. The van der Waals surface area contributed by atoms with E-state index in [2.05, 4.69) is 44.9 Å². The number of nitrogens with one attached hydrogen (secondary N) is 1. The van der Waals surface area contributed by atoms with E-state index in [1.54, 1.807) is 11.3 Å². The number of urea groups is 1. The van der Waals surface area contributed by atoms with E-state index in [-0.39, 0.29) is 12.1 Å². The summed E-state index contributed by atoms with van der Waals surface area (Å²) in [5, 5.41) is 3.73. The molecule has 2 aromatic carbocycles. The molecule has 8 heteroatoms. The highest BCUT2D eigenvalue weighted by atomic mass is 35.5. The molecule has 2 amide bonds. The van der Waals surface area contributed by atoms with Gasteiger partial charge in [-0.1, -0.05) is 53.3 Å². The number of aromatic nitrogens is 2. The Kier molecular flexibility index (Phi) is 5.80. The lowest BCUT2D eigenvalue weighted by Crippen LogP contribution is -2.52. The van der Waals surface area contributed by atoms with Crippen LogP contribution in [0.2, 0.25) is 5.02 Å². The number of hydrogen-bond acceptors (Lipinski definition) is 4. The van der Waals surface area contributed by atoms with E-state index in [1.807, 2.05) is 36.9 Å². The molecule has 0 spiro atoms. The fourth-order valence-corrected chi connectivity index (χ4v) is 5.55. The Bertz CT molecular complexity index is 1260. The molecule has 1 N–H and O–H groups in total. The molecule has 5 rings (SSSR count). The van der Waals surface area contributed by atoms with E-state index in [0.29, 0.717) is 0 Å². The number of imidazole rings is 1. The molecule has 2 aromatic heterocycles. The molecular weight excluding hydrogens is 442 g/mol. The van der Waals surface area contributed by atoms with Crippen molar-refractivity contribution in [3.05, 3.63) is 59.2 Å². The molecule has 3 heterocycles. The fraction of sp³-hybridized carbons (Fsp3) is 0.333. The maximum absolute atomic E-state index is 12.4. The highest BCUT2D eigenvalue weighted by molar-refractivity contribution is 7.23. The second-order valence-electron chi connectivity index (χ2n) is 8.47. The van der Waals surface area contributed by atoms with Crippen molar-refractivity contribution in [1.82, 2.24) is 24.5 Å². The van der Waals surface area contributed by atoms with E-state index >= 15 is 0 Å². The summed E-state index contributed by atoms with van der Waals surface area (Å²) in [6.07, 6.45) is 0. The van der Waals surface area contributed by atoms with Crippen molar-refractivity contribution in [2.75, 3.05) is 26.2 Å². The Hall–Kier alpha value is -2.61. The molecule has 4 aromatic rings. The molecule has 1 aliphatic rings. The lowest BCUT2D eigenvalue weighted by molar-refractivity contribution is 0.133. The van der Waals surface area contributed by atoms with Crippen molar-refractivity contribution in [2.45, 2.75) is 26.4 Å². The number of amides is 2. The minimum Gasteiger partial charge on any atom is -0.336 e. The number of fused-ring (bicyclic) bond motifs is 3. The van der Waals surface area contributed by atoms with E-state index < -0.39 is 0 Å². The van der Waals surface area contributed by atoms with Crippen LogP contribution in [-0.2, 0) is 6.54 Å². The third kappa shape index (κ3) is 4.08. The number of carbonyl (C=O) groups is 1. The summed E-state index contributed by atoms with van der Waals surface area (Å²) in [6.45, 7) is 7.87. The Morgan fingerprint density at radius 2 is 1.88 bits per heavy atom. The first-order valence-corrected chi connectivity index (χ1v) is 12.1. The van der Waals surface area contributed by atoms with Crippen LogP contribution in [0.4, 0.5) is 4.79 Å². The molecule has 1 fully saturated rings. The number of piperazine rings is 1. The van der Waals surface area contributed by atoms with Crippen LogP contribution < -0.4 is 5.32 Å². The molecule has 0 atom stereocenters. The molecule has 0 radical (unpaired) electrons. The second-order valence-corrected chi connectivity index (χ2v) is 9.92. The lowest BCUT2D eigenvalue weighted by atomic mass is 10.1. The minimum absolute atomic E-state index is 0.0251. The maximum Gasteiger partial charge on any atom is 0.317 e. The second kappa shape index (κ2) is 8.73. The summed E-state index contributed by atoms with van der Waals surface area (Å²) in [4.78, 5) is 22.7. The molecule has 0 aliphatic carbocycles. The first kappa shape index (κ1) is 21.2. The summed E-state index contributed by atoms with van der Waals surface area (Å²) >= 11 is 7.90. The fourth-order valence-electron chi connectivity index (χ4n) is 4.23. The van der Waals surface area contributed by atoms with Crippen LogP contribution >= 0.6 is 22.9 Å². The standard InChI is InChI=1S/C24H26ClN5OS/c1-16(2)26-23(31)29-12-10-28(11-13-29)15-20-22(17-6-4-3-5-7-17)27-24-30(20)19-9-8-18(25)14-21(19)32-24/h3-9,14,16H,10-13,15H2,1-2H3,(H,26,31). The zero-order chi connectivity index (χ0) is 22.2. The quantitative estimate of drug-likeness (QED) is 0.454. The molecule has 0 saturated carbocycles.